The van der Waals surface area contributed by atoms with Crippen molar-refractivity contribution in [3.63, 3.8) is 0 Å². The van der Waals surface area contributed by atoms with Gasteiger partial charge in [0.25, 0.3) is 0 Å². The molecular weight excluding hydrogens is 268 g/mol. The second-order valence-electron chi connectivity index (χ2n) is 5.56. The monoisotopic (exact) mass is 288 g/mol. The van der Waals surface area contributed by atoms with Crippen LogP contribution in [0.5, 0.6) is 0 Å². The van der Waals surface area contributed by atoms with Crippen LogP contribution in [0.1, 0.15) is 13.3 Å². The summed E-state index contributed by atoms with van der Waals surface area (Å²) in [6, 6.07) is 7.54. The maximum absolute atomic E-state index is 12.2. The van der Waals surface area contributed by atoms with Gasteiger partial charge in [0.2, 0.25) is 5.91 Å². The highest BCUT2D eigenvalue weighted by Crippen LogP contribution is 2.21. The van der Waals surface area contributed by atoms with Gasteiger partial charge in [0, 0.05) is 30.5 Å². The first-order chi connectivity index (χ1) is 10.1. The van der Waals surface area contributed by atoms with Gasteiger partial charge in [0.1, 0.15) is 0 Å². The van der Waals surface area contributed by atoms with Gasteiger partial charge in [-0.05, 0) is 44.2 Å². The number of rotatable bonds is 3. The lowest BCUT2D eigenvalue weighted by Crippen LogP contribution is -2.32. The molecule has 0 aromatic heterocycles. The van der Waals surface area contributed by atoms with Gasteiger partial charge >= 0.3 is 6.03 Å². The summed E-state index contributed by atoms with van der Waals surface area (Å²) in [6.07, 6.45) is 0.874. The SMILES string of the molecule is CC1NCCC1C(=O)Nc1ccc(N2CCNC2=O)cc1. The molecule has 6 nitrogen and oxygen atoms in total. The number of hydrogen-bond acceptors (Lipinski definition) is 3. The van der Waals surface area contributed by atoms with Crippen molar-refractivity contribution in [1.29, 1.82) is 0 Å². The topological polar surface area (TPSA) is 73.5 Å². The summed E-state index contributed by atoms with van der Waals surface area (Å²) < 4.78 is 0. The molecule has 2 unspecified atom stereocenters. The number of benzene rings is 1. The van der Waals surface area contributed by atoms with Crippen molar-refractivity contribution in [1.82, 2.24) is 10.6 Å². The van der Waals surface area contributed by atoms with Crippen LogP contribution in [0.15, 0.2) is 24.3 Å². The summed E-state index contributed by atoms with van der Waals surface area (Å²) in [5.74, 6) is 0.0770. The number of carbonyl (C=O) groups excluding carboxylic acids is 2. The van der Waals surface area contributed by atoms with Crippen molar-refractivity contribution in [2.45, 2.75) is 19.4 Å². The smallest absolute Gasteiger partial charge is 0.321 e. The Morgan fingerprint density at radius 1 is 1.29 bits per heavy atom. The van der Waals surface area contributed by atoms with Gasteiger partial charge in [-0.2, -0.15) is 0 Å². The minimum atomic E-state index is -0.0716. The average molecular weight is 288 g/mol. The van der Waals surface area contributed by atoms with Crippen molar-refractivity contribution < 1.29 is 9.59 Å². The summed E-state index contributed by atoms with van der Waals surface area (Å²) in [4.78, 5) is 25.5. The Morgan fingerprint density at radius 2 is 2.05 bits per heavy atom. The quantitative estimate of drug-likeness (QED) is 0.781. The predicted octanol–water partition coefficient (Wildman–Crippen LogP) is 1.15. The molecule has 0 saturated carbocycles. The van der Waals surface area contributed by atoms with E-state index in [0.29, 0.717) is 13.1 Å². The van der Waals surface area contributed by atoms with Crippen molar-refractivity contribution >= 4 is 23.3 Å². The largest absolute Gasteiger partial charge is 0.336 e. The standard InChI is InChI=1S/C15H20N4O2/c1-10-13(6-7-16-10)14(20)18-11-2-4-12(5-3-11)19-9-8-17-15(19)21/h2-5,10,13,16H,6-9H2,1H3,(H,17,21)(H,18,20). The third-order valence-electron chi connectivity index (χ3n) is 4.17. The van der Waals surface area contributed by atoms with Gasteiger partial charge in [0.15, 0.2) is 0 Å². The second-order valence-corrected chi connectivity index (χ2v) is 5.56. The van der Waals surface area contributed by atoms with Crippen LogP contribution in [0, 0.1) is 5.92 Å². The number of nitrogens with zero attached hydrogens (tertiary/aromatic N) is 1. The van der Waals surface area contributed by atoms with Crippen LogP contribution in [0.2, 0.25) is 0 Å². The molecule has 2 fully saturated rings. The summed E-state index contributed by atoms with van der Waals surface area (Å²) in [5.41, 5.74) is 1.61. The van der Waals surface area contributed by atoms with Gasteiger partial charge < -0.3 is 16.0 Å². The van der Waals surface area contributed by atoms with E-state index in [1.807, 2.05) is 31.2 Å². The van der Waals surface area contributed by atoms with E-state index in [1.54, 1.807) is 4.90 Å². The fourth-order valence-corrected chi connectivity index (χ4v) is 2.89. The maximum Gasteiger partial charge on any atom is 0.321 e. The molecule has 0 radical (unpaired) electrons. The van der Waals surface area contributed by atoms with Gasteiger partial charge in [-0.3, -0.25) is 9.69 Å². The van der Waals surface area contributed by atoms with E-state index in [1.165, 1.54) is 0 Å². The van der Waals surface area contributed by atoms with E-state index in [2.05, 4.69) is 16.0 Å². The van der Waals surface area contributed by atoms with Gasteiger partial charge in [0.05, 0.1) is 5.92 Å². The van der Waals surface area contributed by atoms with E-state index < -0.39 is 0 Å². The molecule has 0 bridgehead atoms. The summed E-state index contributed by atoms with van der Waals surface area (Å²) in [7, 11) is 0. The number of nitrogens with one attached hydrogen (secondary N) is 3. The zero-order chi connectivity index (χ0) is 14.8. The van der Waals surface area contributed by atoms with Gasteiger partial charge in [-0.1, -0.05) is 0 Å². The summed E-state index contributed by atoms with van der Waals surface area (Å²) in [5, 5.41) is 8.99. The molecule has 1 aromatic carbocycles. The molecule has 2 atom stereocenters. The lowest BCUT2D eigenvalue weighted by Gasteiger charge is -2.17. The Morgan fingerprint density at radius 3 is 2.62 bits per heavy atom. The molecule has 2 heterocycles. The van der Waals surface area contributed by atoms with Crippen LogP contribution < -0.4 is 20.9 Å². The number of anilines is 2. The molecule has 3 rings (SSSR count). The average Bonchev–Trinajstić information content (AvgIpc) is 3.08. The molecule has 2 aliphatic heterocycles. The number of hydrogen-bond donors (Lipinski definition) is 3. The fraction of sp³-hybridized carbons (Fsp3) is 0.467. The molecule has 0 spiro atoms. The minimum absolute atomic E-state index is 0.0223. The highest BCUT2D eigenvalue weighted by Gasteiger charge is 2.29. The number of carbonyl (C=O) groups is 2. The zero-order valence-electron chi connectivity index (χ0n) is 12.1. The van der Waals surface area contributed by atoms with Crippen molar-refractivity contribution in [3.05, 3.63) is 24.3 Å². The summed E-state index contributed by atoms with van der Waals surface area (Å²) in [6.45, 7) is 4.27. The first kappa shape index (κ1) is 13.9. The number of urea groups is 1. The molecule has 2 aliphatic rings. The molecule has 0 aliphatic carbocycles. The van der Waals surface area contributed by atoms with Crippen LogP contribution in [0.4, 0.5) is 16.2 Å². The van der Waals surface area contributed by atoms with Crippen molar-refractivity contribution in [3.8, 4) is 0 Å². The number of amides is 3. The first-order valence-electron chi connectivity index (χ1n) is 7.35. The second kappa shape index (κ2) is 5.73. The van der Waals surface area contributed by atoms with Crippen LogP contribution >= 0.6 is 0 Å². The Balaban J connectivity index is 1.64. The van der Waals surface area contributed by atoms with Crippen molar-refractivity contribution in [2.75, 3.05) is 29.9 Å². The Labute approximate surface area is 123 Å². The Kier molecular flexibility index (Phi) is 3.79. The fourth-order valence-electron chi connectivity index (χ4n) is 2.89. The lowest BCUT2D eigenvalue weighted by molar-refractivity contribution is -0.120. The summed E-state index contributed by atoms with van der Waals surface area (Å²) >= 11 is 0. The molecule has 112 valence electrons. The van der Waals surface area contributed by atoms with Crippen LogP contribution in [0.3, 0.4) is 0 Å². The molecular formula is C15H20N4O2. The van der Waals surface area contributed by atoms with Crippen LogP contribution in [-0.4, -0.2) is 37.6 Å². The van der Waals surface area contributed by atoms with E-state index in [9.17, 15) is 9.59 Å². The highest BCUT2D eigenvalue weighted by atomic mass is 16.2. The highest BCUT2D eigenvalue weighted by molar-refractivity contribution is 5.95. The van der Waals surface area contributed by atoms with Crippen LogP contribution in [0.25, 0.3) is 0 Å². The molecule has 1 aromatic rings. The van der Waals surface area contributed by atoms with Crippen LogP contribution in [-0.2, 0) is 4.79 Å². The predicted molar refractivity (Wildman–Crippen MR) is 81.4 cm³/mol. The first-order valence-corrected chi connectivity index (χ1v) is 7.35. The lowest BCUT2D eigenvalue weighted by atomic mass is 10.0. The Bertz CT molecular complexity index is 543. The molecule has 3 amide bonds. The normalized spacial score (nSPS) is 25.0. The third-order valence-corrected chi connectivity index (χ3v) is 4.17. The van der Waals surface area contributed by atoms with E-state index >= 15 is 0 Å². The molecule has 21 heavy (non-hydrogen) atoms. The van der Waals surface area contributed by atoms with Crippen molar-refractivity contribution in [2.24, 2.45) is 5.92 Å². The minimum Gasteiger partial charge on any atom is -0.336 e. The van der Waals surface area contributed by atoms with Gasteiger partial charge in [-0.25, -0.2) is 4.79 Å². The van der Waals surface area contributed by atoms with E-state index in [-0.39, 0.29) is 23.9 Å². The molecule has 2 saturated heterocycles. The third kappa shape index (κ3) is 2.85. The van der Waals surface area contributed by atoms with E-state index in [0.717, 1.165) is 24.3 Å². The Hall–Kier alpha value is -2.08. The molecule has 3 N–H and O–H groups in total. The maximum atomic E-state index is 12.2. The van der Waals surface area contributed by atoms with Gasteiger partial charge in [-0.15, -0.1) is 0 Å². The zero-order valence-corrected chi connectivity index (χ0v) is 12.1. The van der Waals surface area contributed by atoms with E-state index in [4.69, 9.17) is 0 Å². The molecule has 6 heteroatoms.